The summed E-state index contributed by atoms with van der Waals surface area (Å²) in [6, 6.07) is 16.2. The molecule has 0 aliphatic carbocycles. The molecule has 0 radical (unpaired) electrons. The summed E-state index contributed by atoms with van der Waals surface area (Å²) >= 11 is 0. The fraction of sp³-hybridized carbons (Fsp3) is 0.250. The average Bonchev–Trinajstić information content (AvgIpc) is 3.09. The predicted molar refractivity (Wildman–Crippen MR) is 130 cm³/mol. The maximum absolute atomic E-state index is 6.33. The molecule has 0 bridgehead atoms. The molecule has 2 heterocycles. The van der Waals surface area contributed by atoms with E-state index in [2.05, 4.69) is 64.1 Å². The lowest BCUT2D eigenvalue weighted by Crippen LogP contribution is -2.28. The fourth-order valence-corrected chi connectivity index (χ4v) is 3.69. The Hall–Kier alpha value is -3.58. The lowest BCUT2D eigenvalue weighted by atomic mass is 10.1. The van der Waals surface area contributed by atoms with E-state index in [4.69, 9.17) is 10.7 Å². The summed E-state index contributed by atoms with van der Waals surface area (Å²) in [5.74, 6) is 0.540. The molecular formula is C24H29N7. The van der Waals surface area contributed by atoms with Gasteiger partial charge in [0.15, 0.2) is 0 Å². The van der Waals surface area contributed by atoms with Crippen LogP contribution in [0.25, 0.3) is 22.2 Å². The highest BCUT2D eigenvalue weighted by Crippen LogP contribution is 2.30. The SMILES string of the molecule is CN(C)CCN(C)c1ccc(Nc2nccc(-c3cn(C)c4ccccc34)n2)cc1N. The molecule has 0 fully saturated rings. The number of nitrogen functional groups attached to an aromatic ring is 1. The zero-order chi connectivity index (χ0) is 22.0. The third-order valence-electron chi connectivity index (χ3n) is 5.41. The molecule has 0 amide bonds. The van der Waals surface area contributed by atoms with E-state index in [0.29, 0.717) is 5.95 Å². The van der Waals surface area contributed by atoms with Crippen LogP contribution in [0.4, 0.5) is 23.0 Å². The Balaban J connectivity index is 1.56. The molecule has 0 saturated carbocycles. The first kappa shape index (κ1) is 20.7. The summed E-state index contributed by atoms with van der Waals surface area (Å²) in [4.78, 5) is 13.5. The Morgan fingerprint density at radius 2 is 1.84 bits per heavy atom. The van der Waals surface area contributed by atoms with Gasteiger partial charge in [-0.05, 0) is 44.4 Å². The monoisotopic (exact) mass is 415 g/mol. The average molecular weight is 416 g/mol. The van der Waals surface area contributed by atoms with Crippen LogP contribution in [0.15, 0.2) is 60.9 Å². The molecule has 31 heavy (non-hydrogen) atoms. The van der Waals surface area contributed by atoms with Crippen molar-refractivity contribution in [1.29, 1.82) is 0 Å². The minimum Gasteiger partial charge on any atom is -0.397 e. The van der Waals surface area contributed by atoms with E-state index in [0.717, 1.165) is 41.4 Å². The quantitative estimate of drug-likeness (QED) is 0.445. The van der Waals surface area contributed by atoms with Gasteiger partial charge in [0.25, 0.3) is 0 Å². The second-order valence-corrected chi connectivity index (χ2v) is 8.06. The van der Waals surface area contributed by atoms with Gasteiger partial charge >= 0.3 is 0 Å². The highest BCUT2D eigenvalue weighted by atomic mass is 15.2. The number of likely N-dealkylation sites (N-methyl/N-ethyl adjacent to an activating group) is 2. The van der Waals surface area contributed by atoms with Crippen LogP contribution in [0.5, 0.6) is 0 Å². The summed E-state index contributed by atoms with van der Waals surface area (Å²) in [7, 11) is 8.23. The number of aryl methyl sites for hydroxylation is 1. The van der Waals surface area contributed by atoms with E-state index in [-0.39, 0.29) is 0 Å². The second kappa shape index (κ2) is 8.65. The molecule has 0 aliphatic rings. The molecule has 2 aromatic carbocycles. The Morgan fingerprint density at radius 1 is 1.03 bits per heavy atom. The van der Waals surface area contributed by atoms with Crippen LogP contribution in [0.3, 0.4) is 0 Å². The van der Waals surface area contributed by atoms with Crippen molar-refractivity contribution in [2.24, 2.45) is 7.05 Å². The number of rotatable bonds is 7. The molecule has 0 unspecified atom stereocenters. The number of hydrogen-bond acceptors (Lipinski definition) is 6. The van der Waals surface area contributed by atoms with Crippen molar-refractivity contribution < 1.29 is 0 Å². The van der Waals surface area contributed by atoms with Crippen molar-refractivity contribution in [2.45, 2.75) is 0 Å². The third-order valence-corrected chi connectivity index (χ3v) is 5.41. The number of benzene rings is 2. The minimum absolute atomic E-state index is 0.540. The van der Waals surface area contributed by atoms with Crippen LogP contribution in [0, 0.1) is 0 Å². The maximum Gasteiger partial charge on any atom is 0.227 e. The first-order valence-electron chi connectivity index (χ1n) is 10.3. The van der Waals surface area contributed by atoms with Gasteiger partial charge in [0.2, 0.25) is 5.95 Å². The maximum atomic E-state index is 6.33. The molecule has 0 spiro atoms. The molecule has 2 aromatic heterocycles. The number of nitrogens with one attached hydrogen (secondary N) is 1. The molecule has 4 aromatic rings. The normalized spacial score (nSPS) is 11.3. The Morgan fingerprint density at radius 3 is 2.61 bits per heavy atom. The lowest BCUT2D eigenvalue weighted by Gasteiger charge is -2.23. The zero-order valence-electron chi connectivity index (χ0n) is 18.5. The van der Waals surface area contributed by atoms with Gasteiger partial charge in [-0.3, -0.25) is 0 Å². The van der Waals surface area contributed by atoms with Gasteiger partial charge in [-0.2, -0.15) is 0 Å². The van der Waals surface area contributed by atoms with Crippen LogP contribution in [-0.2, 0) is 7.05 Å². The van der Waals surface area contributed by atoms with Crippen LogP contribution in [0.1, 0.15) is 0 Å². The van der Waals surface area contributed by atoms with E-state index in [1.54, 1.807) is 6.20 Å². The molecule has 3 N–H and O–H groups in total. The number of hydrogen-bond donors (Lipinski definition) is 2. The number of nitrogens with zero attached hydrogens (tertiary/aromatic N) is 5. The van der Waals surface area contributed by atoms with E-state index >= 15 is 0 Å². The summed E-state index contributed by atoms with van der Waals surface area (Å²) < 4.78 is 2.12. The number of para-hydroxylation sites is 1. The van der Waals surface area contributed by atoms with Crippen molar-refractivity contribution in [1.82, 2.24) is 19.4 Å². The molecule has 160 valence electrons. The molecular weight excluding hydrogens is 386 g/mol. The van der Waals surface area contributed by atoms with E-state index < -0.39 is 0 Å². The summed E-state index contributed by atoms with van der Waals surface area (Å²) in [5, 5.41) is 4.46. The molecule has 0 atom stereocenters. The Bertz CT molecular complexity index is 1200. The van der Waals surface area contributed by atoms with E-state index in [1.165, 1.54) is 10.9 Å². The van der Waals surface area contributed by atoms with Crippen LogP contribution >= 0.6 is 0 Å². The second-order valence-electron chi connectivity index (χ2n) is 8.06. The van der Waals surface area contributed by atoms with Crippen molar-refractivity contribution in [3.8, 4) is 11.3 Å². The van der Waals surface area contributed by atoms with Gasteiger partial charge in [-0.15, -0.1) is 0 Å². The van der Waals surface area contributed by atoms with Crippen LogP contribution < -0.4 is 16.0 Å². The number of nitrogens with two attached hydrogens (primary N) is 1. The summed E-state index contributed by atoms with van der Waals surface area (Å²) in [5.41, 5.74) is 12.1. The van der Waals surface area contributed by atoms with Gasteiger partial charge < -0.3 is 25.4 Å². The van der Waals surface area contributed by atoms with Gasteiger partial charge in [0.05, 0.1) is 17.1 Å². The van der Waals surface area contributed by atoms with Gasteiger partial charge in [0, 0.05) is 61.7 Å². The molecule has 0 saturated heterocycles. The zero-order valence-corrected chi connectivity index (χ0v) is 18.5. The number of anilines is 4. The van der Waals surface area contributed by atoms with Crippen LogP contribution in [-0.4, -0.2) is 53.7 Å². The largest absolute Gasteiger partial charge is 0.397 e. The van der Waals surface area contributed by atoms with Crippen molar-refractivity contribution in [3.63, 3.8) is 0 Å². The molecule has 0 aliphatic heterocycles. The number of fused-ring (bicyclic) bond motifs is 1. The number of aromatic nitrogens is 3. The molecule has 4 rings (SSSR count). The Kier molecular flexibility index (Phi) is 5.77. The first-order valence-corrected chi connectivity index (χ1v) is 10.3. The van der Waals surface area contributed by atoms with Crippen molar-refractivity contribution >= 4 is 33.9 Å². The molecule has 7 nitrogen and oxygen atoms in total. The van der Waals surface area contributed by atoms with Gasteiger partial charge in [0.1, 0.15) is 0 Å². The van der Waals surface area contributed by atoms with Gasteiger partial charge in [-0.1, -0.05) is 18.2 Å². The lowest BCUT2D eigenvalue weighted by molar-refractivity contribution is 0.416. The summed E-state index contributed by atoms with van der Waals surface area (Å²) in [6.45, 7) is 1.87. The highest BCUT2D eigenvalue weighted by molar-refractivity contribution is 5.95. The third kappa shape index (κ3) is 4.46. The topological polar surface area (TPSA) is 75.2 Å². The Labute approximate surface area is 183 Å². The summed E-state index contributed by atoms with van der Waals surface area (Å²) in [6.07, 6.45) is 3.88. The predicted octanol–water partition coefficient (Wildman–Crippen LogP) is 3.96. The fourth-order valence-electron chi connectivity index (χ4n) is 3.69. The van der Waals surface area contributed by atoms with Crippen molar-refractivity contribution in [2.75, 3.05) is 50.2 Å². The van der Waals surface area contributed by atoms with Crippen LogP contribution in [0.2, 0.25) is 0 Å². The smallest absolute Gasteiger partial charge is 0.227 e. The first-order chi connectivity index (χ1) is 14.9. The van der Waals surface area contributed by atoms with E-state index in [9.17, 15) is 0 Å². The highest BCUT2D eigenvalue weighted by Gasteiger charge is 2.11. The minimum atomic E-state index is 0.540. The molecule has 7 heteroatoms. The van der Waals surface area contributed by atoms with Crippen molar-refractivity contribution in [3.05, 3.63) is 60.9 Å². The van der Waals surface area contributed by atoms with Gasteiger partial charge in [-0.25, -0.2) is 9.97 Å². The standard InChI is InChI=1S/C24H29N7/c1-29(2)13-14-30(3)23-10-9-17(15-20(23)25)27-24-26-12-11-21(28-24)19-16-31(4)22-8-6-5-7-18(19)22/h5-12,15-16H,13-14,25H2,1-4H3,(H,26,27,28). The van der Waals surface area contributed by atoms with E-state index in [1.807, 2.05) is 43.4 Å².